The van der Waals surface area contributed by atoms with Crippen LogP contribution in [0.1, 0.15) is 76.7 Å². The Kier molecular flexibility index (Phi) is 43.2. The molecule has 1 aliphatic carbocycles. The summed E-state index contributed by atoms with van der Waals surface area (Å²) in [4.78, 5) is 73.8. The fraction of sp³-hybridized carbons (Fsp3) is 0.781. The fourth-order valence-corrected chi connectivity index (χ4v) is 10.2. The zero-order chi connectivity index (χ0) is 42.4. The van der Waals surface area contributed by atoms with Crippen molar-refractivity contribution in [3.05, 3.63) is 23.4 Å². The summed E-state index contributed by atoms with van der Waals surface area (Å²) in [6.45, 7) is 6.14. The van der Waals surface area contributed by atoms with E-state index >= 15 is 0 Å². The number of allylic oxidation sites excluding steroid dienone is 3. The second-order valence-electron chi connectivity index (χ2n) is 11.6. The highest BCUT2D eigenvalue weighted by molar-refractivity contribution is 7.56. The van der Waals surface area contributed by atoms with Crippen molar-refractivity contribution in [3.8, 4) is 0 Å². The lowest BCUT2D eigenvalue weighted by Gasteiger charge is -2.43. The highest BCUT2D eigenvalue weighted by Gasteiger charge is 2.42. The van der Waals surface area contributed by atoms with Gasteiger partial charge in [-0.25, -0.2) is 9.46 Å². The van der Waals surface area contributed by atoms with Gasteiger partial charge in [-0.2, -0.15) is 0 Å². The Morgan fingerprint density at radius 2 is 1.20 bits per heavy atom. The van der Waals surface area contributed by atoms with E-state index in [1.165, 1.54) is 18.5 Å². The van der Waals surface area contributed by atoms with Crippen LogP contribution < -0.4 is 25.1 Å². The van der Waals surface area contributed by atoms with Gasteiger partial charge in [0.05, 0.1) is 27.2 Å². The lowest BCUT2D eigenvalue weighted by atomic mass is 10.2. The number of alkyl halides is 2. The van der Waals surface area contributed by atoms with E-state index in [-0.39, 0.29) is 109 Å². The Hall–Kier alpha value is -1.21. The molecule has 0 amide bonds. The van der Waals surface area contributed by atoms with Gasteiger partial charge in [-0.3, -0.25) is 38.3 Å². The molecule has 0 aromatic heterocycles. The molecule has 59 heavy (non-hydrogen) atoms. The van der Waals surface area contributed by atoms with Crippen LogP contribution in [-0.2, 0) is 37.2 Å². The van der Waals surface area contributed by atoms with E-state index in [0.717, 1.165) is 23.1 Å². The molecule has 1 saturated heterocycles. The summed E-state index contributed by atoms with van der Waals surface area (Å²) >= 11 is 11.0. The van der Waals surface area contributed by atoms with Gasteiger partial charge >= 0.3 is 17.9 Å². The van der Waals surface area contributed by atoms with Crippen molar-refractivity contribution >= 4 is 71.3 Å². The number of carboxylic acids is 3. The van der Waals surface area contributed by atoms with Gasteiger partial charge in [-0.15, -0.1) is 23.2 Å². The lowest BCUT2D eigenvalue weighted by molar-refractivity contribution is -0.809. The van der Waals surface area contributed by atoms with Crippen molar-refractivity contribution < 1.29 is 87.0 Å². The quantitative estimate of drug-likeness (QED) is 0.0626. The van der Waals surface area contributed by atoms with Gasteiger partial charge in [0.25, 0.3) is 7.52 Å². The summed E-state index contributed by atoms with van der Waals surface area (Å²) < 4.78 is 52.8. The number of rotatable bonds is 21. The van der Waals surface area contributed by atoms with Crippen molar-refractivity contribution in [1.29, 1.82) is 0 Å². The van der Waals surface area contributed by atoms with Gasteiger partial charge < -0.3 is 54.0 Å². The molecular weight excluding hydrogens is 907 g/mol. The first kappa shape index (κ1) is 72.3. The highest BCUT2D eigenvalue weighted by atomic mass is 35.5. The molecule has 0 bridgehead atoms. The van der Waals surface area contributed by atoms with E-state index < -0.39 is 54.6 Å². The van der Waals surface area contributed by atoms with Crippen molar-refractivity contribution in [2.45, 2.75) is 76.7 Å². The maximum atomic E-state index is 12.8. The van der Waals surface area contributed by atoms with Crippen LogP contribution in [0, 0.1) is 0 Å². The Bertz CT molecular complexity index is 1450. The second-order valence-corrected chi connectivity index (χ2v) is 22.2. The van der Waals surface area contributed by atoms with Crippen LogP contribution in [0.25, 0.3) is 0 Å². The number of hydroxylamine groups is 1. The van der Waals surface area contributed by atoms with Gasteiger partial charge in [0.15, 0.2) is 14.1 Å². The van der Waals surface area contributed by atoms with E-state index in [1.54, 1.807) is 26.0 Å². The Balaban J connectivity index is -0.000000127. The maximum Gasteiger partial charge on any atom is 0.359 e. The number of halogens is 2. The molecule has 1 heterocycles. The maximum absolute atomic E-state index is 12.8. The first-order valence-electron chi connectivity index (χ1n) is 16.7. The number of aliphatic carboxylic acids is 3. The molecule has 27 heteroatoms. The smallest absolute Gasteiger partial charge is 0.359 e. The van der Waals surface area contributed by atoms with Gasteiger partial charge in [0, 0.05) is 62.1 Å². The number of carbonyl (C=O) groups is 3. The number of quaternary nitrogens is 1. The normalized spacial score (nSPS) is 16.6. The van der Waals surface area contributed by atoms with Crippen LogP contribution >= 0.6 is 53.4 Å². The Morgan fingerprint density at radius 3 is 1.53 bits per heavy atom. The number of carboxylic acid groups (broad SMARTS) is 3. The summed E-state index contributed by atoms with van der Waals surface area (Å²) in [5.74, 6) is -3.01. The standard InChI is InChI=1S/C12H20ClN2O5P.C8H16NO4P.C6H13ClNO4P.C2H7O3P.4CH4.H2O/c1-2-21(19,15(6-5-13)8-12(16)17)20-9-10-3-4-11(7-10)14-18;1-2-14(12,13)9(7-8(10)11)5-3-4-6-9;1-2-13(11,12)8(4-3-7)5-6(9)10;1-2-6(3,4)5;;;;;/h3-4,14,18H,2,5-9H2,1H3,(H,16,17);2-7H2,1H3,(H-,10,11,12,13);2-5H2,1H3,(H,9,10)(H,11,12);2H2,1H3,(H2,3,4,5);4*1H4;1H2/p-3/t21-;;;;;;;;/m1......../s1. The molecule has 0 spiro atoms. The minimum atomic E-state index is -4.15. The van der Waals surface area contributed by atoms with Crippen LogP contribution in [0.15, 0.2) is 23.4 Å². The van der Waals surface area contributed by atoms with Crippen LogP contribution in [0.2, 0.25) is 0 Å². The van der Waals surface area contributed by atoms with Gasteiger partial charge in [0.2, 0.25) is 0 Å². The van der Waals surface area contributed by atoms with Crippen molar-refractivity contribution in [2.24, 2.45) is 0 Å². The molecule has 0 saturated carbocycles. The van der Waals surface area contributed by atoms with E-state index in [4.69, 9.17) is 48.3 Å². The third kappa shape index (κ3) is 28.9. The molecule has 0 radical (unpaired) electrons. The minimum Gasteiger partial charge on any atom is -0.811 e. The molecule has 2 aliphatic rings. The van der Waals surface area contributed by atoms with E-state index in [9.17, 15) is 52.2 Å². The van der Waals surface area contributed by atoms with Crippen LogP contribution in [-0.4, -0.2) is 146 Å². The SMILES string of the molecule is C.C.C.C.CCP(=O)([O-])N(CCCl)CC(=O)O.CCP(=O)([O-])[N+]1(CC(=O)O)CCCC1.CCP(=O)([O-])[O-].CC[P@@](=O)(OCC1=CC=C(NO)C1)N(CCCl)CC(=O)O.O. The third-order valence-electron chi connectivity index (χ3n) is 7.78. The number of hydrogen-bond donors (Lipinski definition) is 5. The van der Waals surface area contributed by atoms with Gasteiger partial charge in [0.1, 0.15) is 13.1 Å². The molecular formula is C32H71Cl2N4O17P4-3. The predicted octanol–water partition coefficient (Wildman–Crippen LogP) is 3.11. The molecule has 21 nitrogen and oxygen atoms in total. The molecule has 1 fully saturated rings. The molecule has 2 rings (SSSR count). The summed E-state index contributed by atoms with van der Waals surface area (Å²) in [6, 6.07) is 0. The largest absolute Gasteiger partial charge is 0.811 e. The Labute approximate surface area is 360 Å². The Morgan fingerprint density at radius 1 is 0.763 bits per heavy atom. The van der Waals surface area contributed by atoms with E-state index in [0.29, 0.717) is 25.2 Å². The summed E-state index contributed by atoms with van der Waals surface area (Å²) in [5, 5.41) is 34.8. The van der Waals surface area contributed by atoms with Crippen molar-refractivity contribution in [3.63, 3.8) is 0 Å². The molecule has 7 N–H and O–H groups in total. The third-order valence-corrected chi connectivity index (χ3v) is 16.1. The zero-order valence-corrected chi connectivity index (χ0v) is 36.3. The van der Waals surface area contributed by atoms with Gasteiger partial charge in [-0.05, 0) is 24.0 Å². The monoisotopic (exact) mass is 977 g/mol. The van der Waals surface area contributed by atoms with Gasteiger partial charge in [-0.1, -0.05) is 71.1 Å². The fourth-order valence-electron chi connectivity index (χ4n) is 4.75. The number of likely N-dealkylation sites (tertiary alicyclic amines) is 1. The summed E-state index contributed by atoms with van der Waals surface area (Å²) in [5.41, 5.74) is 3.53. The first-order chi connectivity index (χ1) is 24.9. The van der Waals surface area contributed by atoms with E-state index in [1.807, 2.05) is 0 Å². The average molecular weight is 979 g/mol. The van der Waals surface area contributed by atoms with E-state index in [2.05, 4.69) is 5.48 Å². The molecule has 358 valence electrons. The molecule has 0 aromatic rings. The average Bonchev–Trinajstić information content (AvgIpc) is 3.77. The van der Waals surface area contributed by atoms with Crippen molar-refractivity contribution in [1.82, 2.24) is 14.8 Å². The van der Waals surface area contributed by atoms with Crippen LogP contribution in [0.3, 0.4) is 0 Å². The number of hydrogen-bond acceptors (Lipinski definition) is 14. The van der Waals surface area contributed by atoms with Crippen LogP contribution in [0.4, 0.5) is 0 Å². The molecule has 2 unspecified atom stereocenters. The number of nitrogens with one attached hydrogen (secondary N) is 1. The van der Waals surface area contributed by atoms with Crippen molar-refractivity contribution in [2.75, 3.05) is 88.8 Å². The first-order valence-corrected chi connectivity index (χ1v) is 24.7. The number of nitrogens with zero attached hydrogens (tertiary/aromatic N) is 3. The zero-order valence-electron chi connectivity index (χ0n) is 31.2. The topological polar surface area (TPSA) is 352 Å². The van der Waals surface area contributed by atoms with Crippen LogP contribution in [0.5, 0.6) is 0 Å². The minimum absolute atomic E-state index is 0. The predicted molar refractivity (Wildman–Crippen MR) is 226 cm³/mol. The molecule has 0 aromatic carbocycles. The summed E-state index contributed by atoms with van der Waals surface area (Å²) in [7, 11) is -14.7. The summed E-state index contributed by atoms with van der Waals surface area (Å²) in [6.07, 6.45) is 5.42. The molecule has 3 atom stereocenters. The highest BCUT2D eigenvalue weighted by Crippen LogP contribution is 2.51. The molecule has 1 aliphatic heterocycles. The second kappa shape index (κ2) is 35.3. The lowest BCUT2D eigenvalue weighted by Crippen LogP contribution is -2.49.